The lowest BCUT2D eigenvalue weighted by molar-refractivity contribution is -0.152. The molecule has 1 unspecified atom stereocenters. The van der Waals surface area contributed by atoms with Crippen LogP contribution >= 0.6 is 0 Å². The summed E-state index contributed by atoms with van der Waals surface area (Å²) in [7, 11) is -3.11. The molecule has 1 saturated heterocycles. The van der Waals surface area contributed by atoms with Crippen molar-refractivity contribution in [2.24, 2.45) is 5.92 Å². The Morgan fingerprint density at radius 3 is 2.63 bits per heavy atom. The van der Waals surface area contributed by atoms with Crippen LogP contribution in [0.15, 0.2) is 22.8 Å². The second kappa shape index (κ2) is 8.79. The molecule has 2 aromatic rings. The molecule has 1 aliphatic heterocycles. The number of amides is 1. The molecule has 1 aromatic carbocycles. The fraction of sp³-hybridized carbons (Fsp3) is 0.545. The first-order chi connectivity index (χ1) is 14.1. The van der Waals surface area contributed by atoms with E-state index in [0.29, 0.717) is 18.5 Å². The number of rotatable bonds is 7. The Labute approximate surface area is 177 Å². The van der Waals surface area contributed by atoms with Crippen LogP contribution in [-0.4, -0.2) is 55.9 Å². The van der Waals surface area contributed by atoms with Crippen LogP contribution in [0.1, 0.15) is 37.0 Å². The largest absolute Gasteiger partial charge is 0.464 e. The van der Waals surface area contributed by atoms with Crippen LogP contribution in [0.3, 0.4) is 0 Å². The van der Waals surface area contributed by atoms with E-state index in [9.17, 15) is 18.0 Å². The Morgan fingerprint density at radius 2 is 2.00 bits per heavy atom. The average Bonchev–Trinajstić information content (AvgIpc) is 3.24. The number of furan rings is 1. The molecule has 0 aliphatic carbocycles. The number of hydrogen-bond acceptors (Lipinski definition) is 6. The molecule has 0 radical (unpaired) electrons. The Morgan fingerprint density at radius 1 is 1.27 bits per heavy atom. The predicted molar refractivity (Wildman–Crippen MR) is 114 cm³/mol. The monoisotopic (exact) mass is 435 g/mol. The van der Waals surface area contributed by atoms with Crippen molar-refractivity contribution >= 4 is 32.7 Å². The molecule has 1 aromatic heterocycles. The molecular weight excluding hydrogens is 406 g/mol. The van der Waals surface area contributed by atoms with Crippen LogP contribution in [0.25, 0.3) is 11.0 Å². The predicted octanol–water partition coefficient (Wildman–Crippen LogP) is 2.81. The van der Waals surface area contributed by atoms with Crippen LogP contribution in [0.5, 0.6) is 0 Å². The highest BCUT2D eigenvalue weighted by Gasteiger charge is 2.35. The number of benzene rings is 1. The van der Waals surface area contributed by atoms with Gasteiger partial charge in [0.25, 0.3) is 5.91 Å². The van der Waals surface area contributed by atoms with Crippen LogP contribution < -0.4 is 0 Å². The van der Waals surface area contributed by atoms with Crippen molar-refractivity contribution in [1.82, 2.24) is 4.90 Å². The molecule has 7 nitrogen and oxygen atoms in total. The maximum absolute atomic E-state index is 12.7. The summed E-state index contributed by atoms with van der Waals surface area (Å²) in [6.45, 7) is 7.92. The van der Waals surface area contributed by atoms with E-state index in [-0.39, 0.29) is 35.8 Å². The van der Waals surface area contributed by atoms with Gasteiger partial charge in [0.2, 0.25) is 0 Å². The molecule has 0 N–H and O–H groups in total. The summed E-state index contributed by atoms with van der Waals surface area (Å²) >= 11 is 0. The molecule has 1 aliphatic rings. The van der Waals surface area contributed by atoms with Gasteiger partial charge in [-0.05, 0) is 37.3 Å². The molecule has 1 fully saturated rings. The van der Waals surface area contributed by atoms with Gasteiger partial charge in [-0.1, -0.05) is 26.0 Å². The van der Waals surface area contributed by atoms with Crippen LogP contribution in [0, 0.1) is 19.8 Å². The summed E-state index contributed by atoms with van der Waals surface area (Å²) in [6, 6.07) is 3.54. The van der Waals surface area contributed by atoms with E-state index >= 15 is 0 Å². The fourth-order valence-corrected chi connectivity index (χ4v) is 5.56. The van der Waals surface area contributed by atoms with Crippen molar-refractivity contribution in [2.75, 3.05) is 24.7 Å². The zero-order valence-electron chi connectivity index (χ0n) is 17.9. The Bertz CT molecular complexity index is 1050. The van der Waals surface area contributed by atoms with E-state index in [1.54, 1.807) is 11.2 Å². The lowest BCUT2D eigenvalue weighted by atomic mass is 10.0. The molecule has 0 saturated carbocycles. The molecule has 1 amide bonds. The standard InChI is InChI=1S/C22H29NO6S/c1-14(2)10-23(18-7-8-30(26,27)13-18)20(24)12-28-21(25)9-17-11-29-22-16(4)15(3)5-6-19(17)22/h5-6,11,14,18H,7-10,12-13H2,1-4H3. The van der Waals surface area contributed by atoms with Gasteiger partial charge in [0.1, 0.15) is 5.58 Å². The van der Waals surface area contributed by atoms with Gasteiger partial charge in [0.15, 0.2) is 16.4 Å². The molecular formula is C22H29NO6S. The zero-order chi connectivity index (χ0) is 22.1. The van der Waals surface area contributed by atoms with E-state index < -0.39 is 22.4 Å². The number of carbonyl (C=O) groups is 2. The second-order valence-corrected chi connectivity index (χ2v) is 10.7. The number of nitrogens with zero attached hydrogens (tertiary/aromatic N) is 1. The summed E-state index contributed by atoms with van der Waals surface area (Å²) in [5.41, 5.74) is 3.60. The van der Waals surface area contributed by atoms with Crippen molar-refractivity contribution in [2.45, 2.75) is 46.6 Å². The number of aryl methyl sites for hydroxylation is 2. The Balaban J connectivity index is 1.63. The molecule has 164 valence electrons. The minimum Gasteiger partial charge on any atom is -0.464 e. The van der Waals surface area contributed by atoms with Gasteiger partial charge in [0, 0.05) is 23.5 Å². The first kappa shape index (κ1) is 22.3. The number of sulfone groups is 1. The van der Waals surface area contributed by atoms with Gasteiger partial charge < -0.3 is 14.1 Å². The number of hydrogen-bond donors (Lipinski definition) is 0. The first-order valence-electron chi connectivity index (χ1n) is 10.2. The number of carbonyl (C=O) groups excluding carboxylic acids is 2. The number of fused-ring (bicyclic) bond motifs is 1. The van der Waals surface area contributed by atoms with E-state index in [1.807, 2.05) is 39.8 Å². The molecule has 8 heteroatoms. The smallest absolute Gasteiger partial charge is 0.310 e. The molecule has 30 heavy (non-hydrogen) atoms. The first-order valence-corrected chi connectivity index (χ1v) is 12.0. The maximum atomic E-state index is 12.7. The number of esters is 1. The van der Waals surface area contributed by atoms with Crippen molar-refractivity contribution in [3.8, 4) is 0 Å². The summed E-state index contributed by atoms with van der Waals surface area (Å²) in [5, 5.41) is 0.860. The van der Waals surface area contributed by atoms with Gasteiger partial charge in [-0.15, -0.1) is 0 Å². The van der Waals surface area contributed by atoms with Gasteiger partial charge >= 0.3 is 5.97 Å². The molecule has 1 atom stereocenters. The van der Waals surface area contributed by atoms with Crippen molar-refractivity contribution in [1.29, 1.82) is 0 Å². The molecule has 0 bridgehead atoms. The SMILES string of the molecule is Cc1ccc2c(CC(=O)OCC(=O)N(CC(C)C)C3CCS(=O)(=O)C3)coc2c1C. The highest BCUT2D eigenvalue weighted by atomic mass is 32.2. The number of ether oxygens (including phenoxy) is 1. The van der Waals surface area contributed by atoms with Crippen LogP contribution in [0.2, 0.25) is 0 Å². The van der Waals surface area contributed by atoms with Gasteiger partial charge in [-0.2, -0.15) is 0 Å². The Hall–Kier alpha value is -2.35. The Kier molecular flexibility index (Phi) is 6.55. The zero-order valence-corrected chi connectivity index (χ0v) is 18.8. The second-order valence-electron chi connectivity index (χ2n) is 8.48. The van der Waals surface area contributed by atoms with E-state index in [2.05, 4.69) is 0 Å². The lowest BCUT2D eigenvalue weighted by Crippen LogP contribution is -2.45. The topological polar surface area (TPSA) is 93.9 Å². The normalized spacial score (nSPS) is 18.1. The van der Waals surface area contributed by atoms with Crippen LogP contribution in [-0.2, 0) is 30.6 Å². The third kappa shape index (κ3) is 5.03. The van der Waals surface area contributed by atoms with Gasteiger partial charge in [0.05, 0.1) is 24.2 Å². The van der Waals surface area contributed by atoms with E-state index in [4.69, 9.17) is 9.15 Å². The van der Waals surface area contributed by atoms with E-state index in [0.717, 1.165) is 22.1 Å². The summed E-state index contributed by atoms with van der Waals surface area (Å²) in [4.78, 5) is 26.6. The highest BCUT2D eigenvalue weighted by molar-refractivity contribution is 7.91. The highest BCUT2D eigenvalue weighted by Crippen LogP contribution is 2.27. The van der Waals surface area contributed by atoms with Gasteiger partial charge in [-0.25, -0.2) is 8.42 Å². The minimum atomic E-state index is -3.11. The summed E-state index contributed by atoms with van der Waals surface area (Å²) < 4.78 is 34.5. The van der Waals surface area contributed by atoms with Crippen molar-refractivity contribution in [3.63, 3.8) is 0 Å². The molecule has 3 rings (SSSR count). The summed E-state index contributed by atoms with van der Waals surface area (Å²) in [5.74, 6) is -0.641. The lowest BCUT2D eigenvalue weighted by Gasteiger charge is -2.29. The van der Waals surface area contributed by atoms with Crippen LogP contribution in [0.4, 0.5) is 0 Å². The van der Waals surface area contributed by atoms with Crippen molar-refractivity contribution < 1.29 is 27.2 Å². The quantitative estimate of drug-likeness (QED) is 0.621. The van der Waals surface area contributed by atoms with E-state index in [1.165, 1.54) is 0 Å². The fourth-order valence-electron chi connectivity index (χ4n) is 3.83. The summed E-state index contributed by atoms with van der Waals surface area (Å²) in [6.07, 6.45) is 1.98. The molecule has 0 spiro atoms. The maximum Gasteiger partial charge on any atom is 0.310 e. The van der Waals surface area contributed by atoms with Crippen molar-refractivity contribution in [3.05, 3.63) is 35.1 Å². The molecule has 2 heterocycles. The third-order valence-corrected chi connectivity index (χ3v) is 7.31. The van der Waals surface area contributed by atoms with Gasteiger partial charge in [-0.3, -0.25) is 9.59 Å². The third-order valence-electron chi connectivity index (χ3n) is 5.56. The average molecular weight is 436 g/mol. The minimum absolute atomic E-state index is 0.00473.